The smallest absolute Gasteiger partial charge is 0.221 e. The van der Waals surface area contributed by atoms with Crippen LogP contribution in [0.5, 0.6) is 11.6 Å². The number of terminal acetylenes is 1. The first-order valence-corrected chi connectivity index (χ1v) is 7.11. The molecule has 0 atom stereocenters. The minimum atomic E-state index is -0.0948. The van der Waals surface area contributed by atoms with Gasteiger partial charge in [0.05, 0.1) is 19.8 Å². The van der Waals surface area contributed by atoms with Gasteiger partial charge in [-0.05, 0) is 35.2 Å². The van der Waals surface area contributed by atoms with Gasteiger partial charge in [0.2, 0.25) is 5.88 Å². The van der Waals surface area contributed by atoms with Gasteiger partial charge in [-0.25, -0.2) is 4.98 Å². The Kier molecular flexibility index (Phi) is 4.42. The molecule has 3 nitrogen and oxygen atoms in total. The predicted octanol–water partition coefficient (Wildman–Crippen LogP) is 4.04. The molecule has 1 aromatic carbocycles. The molecular formula is C19H21NO2. The summed E-state index contributed by atoms with van der Waals surface area (Å²) in [6.07, 6.45) is 7.39. The van der Waals surface area contributed by atoms with Crippen molar-refractivity contribution in [3.05, 3.63) is 41.6 Å². The third-order valence-corrected chi connectivity index (χ3v) is 3.53. The maximum atomic E-state index is 5.68. The average Bonchev–Trinajstić information content (AvgIpc) is 2.52. The van der Waals surface area contributed by atoms with E-state index in [0.717, 1.165) is 28.0 Å². The van der Waals surface area contributed by atoms with Crippen molar-refractivity contribution in [2.75, 3.05) is 14.2 Å². The first-order valence-electron chi connectivity index (χ1n) is 7.11. The summed E-state index contributed by atoms with van der Waals surface area (Å²) in [7, 11) is 3.26. The third-order valence-electron chi connectivity index (χ3n) is 3.53. The highest BCUT2D eigenvalue weighted by Crippen LogP contribution is 2.39. The van der Waals surface area contributed by atoms with Crippen molar-refractivity contribution in [3.63, 3.8) is 0 Å². The van der Waals surface area contributed by atoms with Crippen LogP contribution >= 0.6 is 0 Å². The average molecular weight is 295 g/mol. The molecule has 1 aromatic heterocycles. The van der Waals surface area contributed by atoms with E-state index in [1.54, 1.807) is 20.4 Å². The Hall–Kier alpha value is -2.47. The van der Waals surface area contributed by atoms with E-state index in [9.17, 15) is 0 Å². The van der Waals surface area contributed by atoms with Gasteiger partial charge in [0.25, 0.3) is 0 Å². The van der Waals surface area contributed by atoms with Crippen molar-refractivity contribution in [3.8, 4) is 35.1 Å². The van der Waals surface area contributed by atoms with Gasteiger partial charge in [-0.3, -0.25) is 0 Å². The Balaban J connectivity index is 2.77. The van der Waals surface area contributed by atoms with Gasteiger partial charge in [0, 0.05) is 17.3 Å². The molecule has 0 saturated carbocycles. The normalized spacial score (nSPS) is 10.9. The number of rotatable bonds is 3. The van der Waals surface area contributed by atoms with Gasteiger partial charge in [-0.15, -0.1) is 6.42 Å². The lowest BCUT2D eigenvalue weighted by atomic mass is 9.83. The number of benzene rings is 1. The summed E-state index contributed by atoms with van der Waals surface area (Å²) < 4.78 is 10.9. The molecule has 0 amide bonds. The molecule has 0 saturated heterocycles. The number of pyridine rings is 1. The molecule has 2 aromatic rings. The molecule has 0 aliphatic rings. The lowest BCUT2D eigenvalue weighted by Crippen LogP contribution is -2.14. The van der Waals surface area contributed by atoms with E-state index in [0.29, 0.717) is 5.88 Å². The molecule has 22 heavy (non-hydrogen) atoms. The van der Waals surface area contributed by atoms with Gasteiger partial charge < -0.3 is 9.47 Å². The number of nitrogens with zero attached hydrogens (tertiary/aromatic N) is 1. The zero-order valence-electron chi connectivity index (χ0n) is 13.7. The van der Waals surface area contributed by atoms with Crippen LogP contribution in [0.3, 0.4) is 0 Å². The molecule has 0 aliphatic carbocycles. The van der Waals surface area contributed by atoms with Crippen molar-refractivity contribution >= 4 is 0 Å². The van der Waals surface area contributed by atoms with Crippen molar-refractivity contribution in [1.29, 1.82) is 0 Å². The molecule has 2 rings (SSSR count). The van der Waals surface area contributed by atoms with Crippen LogP contribution in [0.1, 0.15) is 31.9 Å². The fraction of sp³-hybridized carbons (Fsp3) is 0.316. The quantitative estimate of drug-likeness (QED) is 0.801. The maximum Gasteiger partial charge on any atom is 0.221 e. The molecule has 1 heterocycles. The predicted molar refractivity (Wildman–Crippen MR) is 89.4 cm³/mol. The van der Waals surface area contributed by atoms with Crippen LogP contribution in [-0.4, -0.2) is 19.2 Å². The Morgan fingerprint density at radius 1 is 1.14 bits per heavy atom. The second kappa shape index (κ2) is 6.11. The highest BCUT2D eigenvalue weighted by Gasteiger charge is 2.23. The molecule has 3 heteroatoms. The van der Waals surface area contributed by atoms with Crippen molar-refractivity contribution < 1.29 is 9.47 Å². The maximum absolute atomic E-state index is 5.68. The second-order valence-corrected chi connectivity index (χ2v) is 6.06. The molecule has 0 N–H and O–H groups in total. The Bertz CT molecular complexity index is 721. The van der Waals surface area contributed by atoms with Gasteiger partial charge in [0.1, 0.15) is 5.75 Å². The van der Waals surface area contributed by atoms with Crippen molar-refractivity contribution in [2.24, 2.45) is 0 Å². The molecule has 0 radical (unpaired) electrons. The molecular weight excluding hydrogens is 274 g/mol. The van der Waals surface area contributed by atoms with E-state index < -0.39 is 0 Å². The first-order chi connectivity index (χ1) is 10.4. The fourth-order valence-corrected chi connectivity index (χ4v) is 2.44. The van der Waals surface area contributed by atoms with E-state index in [4.69, 9.17) is 15.9 Å². The van der Waals surface area contributed by atoms with E-state index in [1.807, 2.05) is 18.2 Å². The van der Waals surface area contributed by atoms with Gasteiger partial charge >= 0.3 is 0 Å². The van der Waals surface area contributed by atoms with Crippen LogP contribution in [0.15, 0.2) is 30.5 Å². The number of hydrogen-bond donors (Lipinski definition) is 0. The summed E-state index contributed by atoms with van der Waals surface area (Å²) in [6.45, 7) is 6.40. The van der Waals surface area contributed by atoms with Crippen LogP contribution in [-0.2, 0) is 5.41 Å². The van der Waals surface area contributed by atoms with Crippen LogP contribution in [0, 0.1) is 12.3 Å². The lowest BCUT2D eigenvalue weighted by molar-refractivity contribution is 0.395. The van der Waals surface area contributed by atoms with Crippen molar-refractivity contribution in [1.82, 2.24) is 4.98 Å². The minimum absolute atomic E-state index is 0.0948. The Morgan fingerprint density at radius 3 is 2.41 bits per heavy atom. The third kappa shape index (κ3) is 2.92. The molecule has 0 aliphatic heterocycles. The molecule has 0 bridgehead atoms. The largest absolute Gasteiger partial charge is 0.495 e. The summed E-state index contributed by atoms with van der Waals surface area (Å²) in [6, 6.07) is 7.89. The zero-order valence-corrected chi connectivity index (χ0v) is 13.7. The van der Waals surface area contributed by atoms with Crippen LogP contribution < -0.4 is 9.47 Å². The number of methoxy groups -OCH3 is 2. The van der Waals surface area contributed by atoms with Crippen LogP contribution in [0.4, 0.5) is 0 Å². The zero-order chi connectivity index (χ0) is 16.3. The highest BCUT2D eigenvalue weighted by molar-refractivity contribution is 5.73. The fourth-order valence-electron chi connectivity index (χ4n) is 2.44. The number of aromatic nitrogens is 1. The standard InChI is InChI=1S/C19H21NO2/c1-7-13-11-14(15-9-8-10-20-18(15)22-6)12-16(17(13)21-5)19(2,3)4/h1,8-12H,2-6H3. The molecule has 0 fully saturated rings. The summed E-state index contributed by atoms with van der Waals surface area (Å²) in [5, 5.41) is 0. The van der Waals surface area contributed by atoms with Crippen molar-refractivity contribution in [2.45, 2.75) is 26.2 Å². The topological polar surface area (TPSA) is 31.4 Å². The van der Waals surface area contributed by atoms with E-state index >= 15 is 0 Å². The Labute approximate surface area is 132 Å². The lowest BCUT2D eigenvalue weighted by Gasteiger charge is -2.24. The molecule has 0 unspecified atom stereocenters. The van der Waals surface area contributed by atoms with Gasteiger partial charge in [-0.2, -0.15) is 0 Å². The van der Waals surface area contributed by atoms with E-state index in [1.165, 1.54) is 0 Å². The van der Waals surface area contributed by atoms with Gasteiger partial charge in [-0.1, -0.05) is 26.7 Å². The SMILES string of the molecule is C#Cc1cc(-c2cccnc2OC)cc(C(C)(C)C)c1OC. The number of ether oxygens (including phenoxy) is 2. The second-order valence-electron chi connectivity index (χ2n) is 6.06. The summed E-state index contributed by atoms with van der Waals surface area (Å²) >= 11 is 0. The number of hydrogen-bond acceptors (Lipinski definition) is 3. The summed E-state index contributed by atoms with van der Waals surface area (Å²) in [4.78, 5) is 4.26. The summed E-state index contributed by atoms with van der Waals surface area (Å²) in [5.74, 6) is 4.05. The minimum Gasteiger partial charge on any atom is -0.495 e. The molecule has 114 valence electrons. The van der Waals surface area contributed by atoms with Gasteiger partial charge in [0.15, 0.2) is 0 Å². The van der Waals surface area contributed by atoms with Crippen LogP contribution in [0.2, 0.25) is 0 Å². The monoisotopic (exact) mass is 295 g/mol. The van der Waals surface area contributed by atoms with E-state index in [2.05, 4.69) is 37.7 Å². The van der Waals surface area contributed by atoms with E-state index in [-0.39, 0.29) is 5.41 Å². The highest BCUT2D eigenvalue weighted by atomic mass is 16.5. The van der Waals surface area contributed by atoms with Crippen LogP contribution in [0.25, 0.3) is 11.1 Å². The summed E-state index contributed by atoms with van der Waals surface area (Å²) in [5.41, 5.74) is 3.59. The Morgan fingerprint density at radius 2 is 1.86 bits per heavy atom. The first kappa shape index (κ1) is 15.9. The molecule has 0 spiro atoms.